The second-order valence-corrected chi connectivity index (χ2v) is 5.55. The molecule has 1 fully saturated rings. The van der Waals surface area contributed by atoms with Crippen molar-refractivity contribution < 1.29 is 4.79 Å². The second-order valence-electron chi connectivity index (χ2n) is 5.55. The van der Waals surface area contributed by atoms with E-state index in [1.165, 1.54) is 6.42 Å². The van der Waals surface area contributed by atoms with Crippen LogP contribution in [0.3, 0.4) is 0 Å². The highest BCUT2D eigenvalue weighted by Crippen LogP contribution is 2.19. The van der Waals surface area contributed by atoms with Crippen LogP contribution >= 0.6 is 0 Å². The number of rotatable bonds is 3. The molecule has 4 nitrogen and oxygen atoms in total. The molecule has 104 valence electrons. The molecular formula is C15H23N3O. The van der Waals surface area contributed by atoms with E-state index in [0.29, 0.717) is 17.3 Å². The lowest BCUT2D eigenvalue weighted by Crippen LogP contribution is -2.39. The van der Waals surface area contributed by atoms with Crippen LogP contribution < -0.4 is 5.73 Å². The lowest BCUT2D eigenvalue weighted by atomic mass is 10.1. The van der Waals surface area contributed by atoms with Crippen LogP contribution in [0.15, 0.2) is 18.2 Å². The third-order valence-corrected chi connectivity index (χ3v) is 3.94. The van der Waals surface area contributed by atoms with Crippen LogP contribution in [0, 0.1) is 6.92 Å². The molecule has 2 N–H and O–H groups in total. The number of carbonyl (C=O) groups is 1. The summed E-state index contributed by atoms with van der Waals surface area (Å²) < 4.78 is 0. The molecule has 4 heteroatoms. The van der Waals surface area contributed by atoms with Crippen molar-refractivity contribution in [1.29, 1.82) is 0 Å². The van der Waals surface area contributed by atoms with Crippen molar-refractivity contribution in [1.82, 2.24) is 9.80 Å². The Bertz CT molecular complexity index is 472. The summed E-state index contributed by atoms with van der Waals surface area (Å²) in [5.74, 6) is 0.0153. The van der Waals surface area contributed by atoms with Crippen LogP contribution in [0.25, 0.3) is 0 Å². The van der Waals surface area contributed by atoms with Gasteiger partial charge in [0.05, 0.1) is 5.56 Å². The molecule has 1 aliphatic rings. The van der Waals surface area contributed by atoms with E-state index in [1.54, 1.807) is 11.0 Å². The Morgan fingerprint density at radius 2 is 2.26 bits per heavy atom. The minimum atomic E-state index is 0.0153. The third kappa shape index (κ3) is 3.07. The van der Waals surface area contributed by atoms with Gasteiger partial charge in [0.2, 0.25) is 0 Å². The first-order chi connectivity index (χ1) is 8.99. The molecule has 0 aliphatic carbocycles. The maximum atomic E-state index is 12.4. The van der Waals surface area contributed by atoms with Crippen molar-refractivity contribution in [2.24, 2.45) is 0 Å². The monoisotopic (exact) mass is 261 g/mol. The van der Waals surface area contributed by atoms with E-state index in [2.05, 4.69) is 11.9 Å². The van der Waals surface area contributed by atoms with Gasteiger partial charge in [0.15, 0.2) is 0 Å². The summed E-state index contributed by atoms with van der Waals surface area (Å²) in [5, 5.41) is 0. The molecule has 1 saturated heterocycles. The quantitative estimate of drug-likeness (QED) is 0.843. The maximum Gasteiger partial charge on any atom is 0.255 e. The standard InChI is InChI=1S/C15H23N3O/c1-11-6-7-14(16)13(9-11)15(19)18(3)10-12-5-4-8-17(12)2/h6-7,9,12H,4-5,8,10,16H2,1-3H3. The van der Waals surface area contributed by atoms with Gasteiger partial charge in [0, 0.05) is 25.3 Å². The molecule has 1 atom stereocenters. The molecule has 2 rings (SSSR count). The Morgan fingerprint density at radius 3 is 2.89 bits per heavy atom. The lowest BCUT2D eigenvalue weighted by molar-refractivity contribution is 0.0762. The predicted molar refractivity (Wildman–Crippen MR) is 78.2 cm³/mol. The molecule has 1 heterocycles. The zero-order valence-electron chi connectivity index (χ0n) is 12.0. The Balaban J connectivity index is 2.08. The van der Waals surface area contributed by atoms with E-state index in [4.69, 9.17) is 5.73 Å². The summed E-state index contributed by atoms with van der Waals surface area (Å²) in [6.07, 6.45) is 2.38. The average molecular weight is 261 g/mol. The molecule has 1 aromatic rings. The fourth-order valence-corrected chi connectivity index (χ4v) is 2.67. The van der Waals surface area contributed by atoms with Crippen LogP contribution in [0.4, 0.5) is 5.69 Å². The first-order valence-electron chi connectivity index (χ1n) is 6.81. The largest absolute Gasteiger partial charge is 0.398 e. The molecule has 1 amide bonds. The van der Waals surface area contributed by atoms with E-state index in [-0.39, 0.29) is 5.91 Å². The smallest absolute Gasteiger partial charge is 0.255 e. The summed E-state index contributed by atoms with van der Waals surface area (Å²) in [6, 6.07) is 6.07. The maximum absolute atomic E-state index is 12.4. The average Bonchev–Trinajstić information content (AvgIpc) is 2.77. The fraction of sp³-hybridized carbons (Fsp3) is 0.533. The van der Waals surface area contributed by atoms with Crippen molar-refractivity contribution in [3.05, 3.63) is 29.3 Å². The number of likely N-dealkylation sites (N-methyl/N-ethyl adjacent to an activating group) is 2. The Hall–Kier alpha value is -1.55. The summed E-state index contributed by atoms with van der Waals surface area (Å²) >= 11 is 0. The van der Waals surface area contributed by atoms with Crippen molar-refractivity contribution in [2.75, 3.05) is 32.9 Å². The molecule has 0 spiro atoms. The molecule has 1 aromatic carbocycles. The van der Waals surface area contributed by atoms with Gasteiger partial charge in [-0.25, -0.2) is 0 Å². The molecule has 0 aromatic heterocycles. The highest BCUT2D eigenvalue weighted by molar-refractivity contribution is 5.99. The van der Waals surface area contributed by atoms with Gasteiger partial charge in [-0.05, 0) is 45.5 Å². The van der Waals surface area contributed by atoms with Crippen molar-refractivity contribution >= 4 is 11.6 Å². The summed E-state index contributed by atoms with van der Waals surface area (Å²) in [5.41, 5.74) is 8.14. The van der Waals surface area contributed by atoms with Crippen LogP contribution in [-0.4, -0.2) is 48.9 Å². The number of benzene rings is 1. The zero-order chi connectivity index (χ0) is 14.0. The number of carbonyl (C=O) groups excluding carboxylic acids is 1. The van der Waals surface area contributed by atoms with Crippen LogP contribution in [0.1, 0.15) is 28.8 Å². The van der Waals surface area contributed by atoms with E-state index >= 15 is 0 Å². The van der Waals surface area contributed by atoms with Gasteiger partial charge in [-0.2, -0.15) is 0 Å². The van der Waals surface area contributed by atoms with E-state index < -0.39 is 0 Å². The van der Waals surface area contributed by atoms with Gasteiger partial charge < -0.3 is 15.5 Å². The normalized spacial score (nSPS) is 19.6. The number of nitrogens with two attached hydrogens (primary N) is 1. The SMILES string of the molecule is Cc1ccc(N)c(C(=O)N(C)CC2CCCN2C)c1. The number of anilines is 1. The third-order valence-electron chi connectivity index (χ3n) is 3.94. The number of hydrogen-bond donors (Lipinski definition) is 1. The van der Waals surface area contributed by atoms with Crippen LogP contribution in [-0.2, 0) is 0 Å². The van der Waals surface area contributed by atoms with Gasteiger partial charge in [-0.1, -0.05) is 11.6 Å². The first kappa shape index (κ1) is 13.9. The zero-order valence-corrected chi connectivity index (χ0v) is 12.0. The van der Waals surface area contributed by atoms with Crippen molar-refractivity contribution in [3.63, 3.8) is 0 Å². The summed E-state index contributed by atoms with van der Waals surface area (Å²) in [7, 11) is 3.98. The molecule has 0 radical (unpaired) electrons. The van der Waals surface area contributed by atoms with Gasteiger partial charge >= 0.3 is 0 Å². The summed E-state index contributed by atoms with van der Waals surface area (Å²) in [6.45, 7) is 3.86. The molecule has 0 saturated carbocycles. The number of likely N-dealkylation sites (tertiary alicyclic amines) is 1. The first-order valence-corrected chi connectivity index (χ1v) is 6.81. The van der Waals surface area contributed by atoms with E-state index in [0.717, 1.165) is 25.1 Å². The Labute approximate surface area is 115 Å². The van der Waals surface area contributed by atoms with Crippen molar-refractivity contribution in [3.8, 4) is 0 Å². The van der Waals surface area contributed by atoms with Gasteiger partial charge in [-0.3, -0.25) is 4.79 Å². The van der Waals surface area contributed by atoms with Gasteiger partial charge in [0.1, 0.15) is 0 Å². The number of nitrogens with zero attached hydrogens (tertiary/aromatic N) is 2. The lowest BCUT2D eigenvalue weighted by Gasteiger charge is -2.26. The molecule has 0 bridgehead atoms. The van der Waals surface area contributed by atoms with Gasteiger partial charge in [0.25, 0.3) is 5.91 Å². The van der Waals surface area contributed by atoms with Crippen molar-refractivity contribution in [2.45, 2.75) is 25.8 Å². The second kappa shape index (κ2) is 5.61. The van der Waals surface area contributed by atoms with Crippen LogP contribution in [0.5, 0.6) is 0 Å². The summed E-state index contributed by atoms with van der Waals surface area (Å²) in [4.78, 5) is 16.6. The van der Waals surface area contributed by atoms with Crippen LogP contribution in [0.2, 0.25) is 0 Å². The minimum absolute atomic E-state index is 0.0153. The Morgan fingerprint density at radius 1 is 1.53 bits per heavy atom. The van der Waals surface area contributed by atoms with Gasteiger partial charge in [-0.15, -0.1) is 0 Å². The number of nitrogen functional groups attached to an aromatic ring is 1. The van der Waals surface area contributed by atoms with E-state index in [9.17, 15) is 4.79 Å². The molecule has 19 heavy (non-hydrogen) atoms. The Kier molecular flexibility index (Phi) is 4.10. The number of hydrogen-bond acceptors (Lipinski definition) is 3. The highest BCUT2D eigenvalue weighted by atomic mass is 16.2. The highest BCUT2D eigenvalue weighted by Gasteiger charge is 2.24. The number of amides is 1. The molecule has 1 aliphatic heterocycles. The molecular weight excluding hydrogens is 238 g/mol. The fourth-order valence-electron chi connectivity index (χ4n) is 2.67. The van der Waals surface area contributed by atoms with E-state index in [1.807, 2.05) is 26.1 Å². The molecule has 1 unspecified atom stereocenters. The predicted octanol–water partition coefficient (Wildman–Crippen LogP) is 1.74. The topological polar surface area (TPSA) is 49.6 Å². The number of aryl methyl sites for hydroxylation is 1. The minimum Gasteiger partial charge on any atom is -0.398 e.